The highest BCUT2D eigenvalue weighted by Gasteiger charge is 2.28. The van der Waals surface area contributed by atoms with Gasteiger partial charge in [0, 0.05) is 33.7 Å². The number of rotatable bonds is 3. The molecule has 0 bridgehead atoms. The fourth-order valence-electron chi connectivity index (χ4n) is 3.14. The van der Waals surface area contributed by atoms with E-state index in [9.17, 15) is 5.11 Å². The third kappa shape index (κ3) is 3.05. The van der Waals surface area contributed by atoms with Crippen LogP contribution in [0.2, 0.25) is 0 Å². The number of hydrogen-bond donors (Lipinski definition) is 2. The summed E-state index contributed by atoms with van der Waals surface area (Å²) < 4.78 is 17.2. The zero-order chi connectivity index (χ0) is 17.4. The van der Waals surface area contributed by atoms with Crippen LogP contribution in [0.15, 0.2) is 39.9 Å². The normalized spacial score (nSPS) is 18.8. The lowest BCUT2D eigenvalue weighted by molar-refractivity contribution is -0.0173. The van der Waals surface area contributed by atoms with Gasteiger partial charge in [0.2, 0.25) is 0 Å². The van der Waals surface area contributed by atoms with Gasteiger partial charge < -0.3 is 24.7 Å². The molecule has 0 spiro atoms. The first-order valence-electron chi connectivity index (χ1n) is 7.88. The molecule has 25 heavy (non-hydrogen) atoms. The van der Waals surface area contributed by atoms with Crippen molar-refractivity contribution in [3.63, 3.8) is 0 Å². The van der Waals surface area contributed by atoms with E-state index in [-0.39, 0.29) is 18.6 Å². The van der Waals surface area contributed by atoms with Crippen molar-refractivity contribution < 1.29 is 19.3 Å². The SMILES string of the molecule is COc1ccc(C2=NN[C@H](c3cc(Br)cc4c3OCOC4)C2)c(O)c1. The van der Waals surface area contributed by atoms with Gasteiger partial charge in [-0.05, 0) is 24.3 Å². The Kier molecular flexibility index (Phi) is 4.27. The molecule has 7 heteroatoms. The van der Waals surface area contributed by atoms with Crippen molar-refractivity contribution in [3.8, 4) is 17.2 Å². The standard InChI is InChI=1S/C18H17BrN2O4/c1-23-12-2-3-13(17(22)6-12)15-7-16(21-20-15)14-5-11(19)4-10-8-24-9-25-18(10)14/h2-6,16,21-22H,7-9H2,1H3/t16-/m0/s1. The molecule has 1 atom stereocenters. The first kappa shape index (κ1) is 16.2. The second-order valence-electron chi connectivity index (χ2n) is 5.92. The summed E-state index contributed by atoms with van der Waals surface area (Å²) in [6, 6.07) is 9.23. The van der Waals surface area contributed by atoms with Crippen LogP contribution >= 0.6 is 15.9 Å². The van der Waals surface area contributed by atoms with Crippen LogP contribution in [-0.2, 0) is 11.3 Å². The molecule has 0 saturated heterocycles. The minimum atomic E-state index is -0.0270. The van der Waals surface area contributed by atoms with Crippen LogP contribution < -0.4 is 14.9 Å². The maximum Gasteiger partial charge on any atom is 0.189 e. The number of hydrazone groups is 1. The lowest BCUT2D eigenvalue weighted by Gasteiger charge is -2.23. The number of nitrogens with zero attached hydrogens (tertiary/aromatic N) is 1. The van der Waals surface area contributed by atoms with Gasteiger partial charge in [-0.25, -0.2) is 0 Å². The van der Waals surface area contributed by atoms with E-state index in [4.69, 9.17) is 14.2 Å². The van der Waals surface area contributed by atoms with Crippen LogP contribution in [0, 0.1) is 0 Å². The fraction of sp³-hybridized carbons (Fsp3) is 0.278. The molecule has 2 N–H and O–H groups in total. The third-order valence-corrected chi connectivity index (χ3v) is 4.81. The molecule has 2 aliphatic heterocycles. The Balaban J connectivity index is 1.61. The Morgan fingerprint density at radius 1 is 1.32 bits per heavy atom. The second-order valence-corrected chi connectivity index (χ2v) is 6.84. The average molecular weight is 405 g/mol. The average Bonchev–Trinajstić information content (AvgIpc) is 3.10. The minimum Gasteiger partial charge on any atom is -0.507 e. The number of halogens is 1. The number of nitrogens with one attached hydrogen (secondary N) is 1. The van der Waals surface area contributed by atoms with E-state index in [0.717, 1.165) is 27.1 Å². The molecule has 0 aromatic heterocycles. The minimum absolute atomic E-state index is 0.0270. The molecule has 2 aliphatic rings. The van der Waals surface area contributed by atoms with Gasteiger partial charge in [-0.15, -0.1) is 0 Å². The van der Waals surface area contributed by atoms with Crippen molar-refractivity contribution >= 4 is 21.6 Å². The number of aromatic hydroxyl groups is 1. The van der Waals surface area contributed by atoms with Crippen molar-refractivity contribution in [2.45, 2.75) is 19.1 Å². The quantitative estimate of drug-likeness (QED) is 0.819. The molecule has 0 radical (unpaired) electrons. The summed E-state index contributed by atoms with van der Waals surface area (Å²) in [5.41, 5.74) is 6.69. The van der Waals surface area contributed by atoms with Crippen molar-refractivity contribution in [2.24, 2.45) is 5.10 Å². The third-order valence-electron chi connectivity index (χ3n) is 4.35. The van der Waals surface area contributed by atoms with E-state index in [0.29, 0.717) is 24.3 Å². The molecular formula is C18H17BrN2O4. The molecule has 0 fully saturated rings. The molecule has 2 aromatic carbocycles. The smallest absolute Gasteiger partial charge is 0.189 e. The zero-order valence-corrected chi connectivity index (χ0v) is 15.2. The molecular weight excluding hydrogens is 388 g/mol. The van der Waals surface area contributed by atoms with Gasteiger partial charge in [0.1, 0.15) is 17.2 Å². The first-order chi connectivity index (χ1) is 12.2. The van der Waals surface area contributed by atoms with Crippen LogP contribution in [0.3, 0.4) is 0 Å². The molecule has 0 unspecified atom stereocenters. The van der Waals surface area contributed by atoms with Crippen LogP contribution in [-0.4, -0.2) is 24.7 Å². The Morgan fingerprint density at radius 3 is 3.00 bits per heavy atom. The number of phenolic OH excluding ortho intramolecular Hbond substituents is 1. The molecule has 4 rings (SSSR count). The molecule has 2 heterocycles. The van der Waals surface area contributed by atoms with Crippen molar-refractivity contribution in [2.75, 3.05) is 13.9 Å². The molecule has 130 valence electrons. The second kappa shape index (κ2) is 6.57. The van der Waals surface area contributed by atoms with E-state index < -0.39 is 0 Å². The number of benzene rings is 2. The summed E-state index contributed by atoms with van der Waals surface area (Å²) in [5.74, 6) is 1.61. The summed E-state index contributed by atoms with van der Waals surface area (Å²) in [6.45, 7) is 0.781. The highest BCUT2D eigenvalue weighted by molar-refractivity contribution is 9.10. The number of ether oxygens (including phenoxy) is 3. The van der Waals surface area contributed by atoms with Crippen LogP contribution in [0.25, 0.3) is 0 Å². The van der Waals surface area contributed by atoms with Gasteiger partial charge >= 0.3 is 0 Å². The van der Waals surface area contributed by atoms with Gasteiger partial charge in [0.15, 0.2) is 6.79 Å². The van der Waals surface area contributed by atoms with Gasteiger partial charge in [-0.3, -0.25) is 0 Å². The Labute approximate surface area is 153 Å². The Hall–Kier alpha value is -2.25. The topological polar surface area (TPSA) is 72.3 Å². The van der Waals surface area contributed by atoms with Crippen LogP contribution in [0.1, 0.15) is 29.2 Å². The van der Waals surface area contributed by atoms with Crippen molar-refractivity contribution in [1.29, 1.82) is 0 Å². The van der Waals surface area contributed by atoms with Crippen LogP contribution in [0.5, 0.6) is 17.2 Å². The maximum atomic E-state index is 10.2. The molecule has 0 saturated carbocycles. The number of phenols is 1. The summed E-state index contributed by atoms with van der Waals surface area (Å²) in [5, 5.41) is 14.7. The zero-order valence-electron chi connectivity index (χ0n) is 13.6. The summed E-state index contributed by atoms with van der Waals surface area (Å²) >= 11 is 3.55. The van der Waals surface area contributed by atoms with Gasteiger partial charge in [-0.1, -0.05) is 15.9 Å². The largest absolute Gasteiger partial charge is 0.507 e. The summed E-state index contributed by atoms with van der Waals surface area (Å²) in [4.78, 5) is 0. The lowest BCUT2D eigenvalue weighted by Crippen LogP contribution is -2.17. The van der Waals surface area contributed by atoms with E-state index in [1.54, 1.807) is 13.2 Å². The highest BCUT2D eigenvalue weighted by atomic mass is 79.9. The first-order valence-corrected chi connectivity index (χ1v) is 8.67. The number of fused-ring (bicyclic) bond motifs is 1. The van der Waals surface area contributed by atoms with E-state index in [1.807, 2.05) is 24.3 Å². The van der Waals surface area contributed by atoms with Gasteiger partial charge in [0.05, 0.1) is 25.5 Å². The summed E-state index contributed by atoms with van der Waals surface area (Å²) in [6.07, 6.45) is 0.646. The van der Waals surface area contributed by atoms with Gasteiger partial charge in [-0.2, -0.15) is 5.10 Å². The van der Waals surface area contributed by atoms with E-state index in [2.05, 4.69) is 26.5 Å². The fourth-order valence-corrected chi connectivity index (χ4v) is 3.66. The van der Waals surface area contributed by atoms with E-state index in [1.165, 1.54) is 0 Å². The predicted molar refractivity (Wildman–Crippen MR) is 96.1 cm³/mol. The number of methoxy groups -OCH3 is 1. The molecule has 0 amide bonds. The number of hydrogen-bond acceptors (Lipinski definition) is 6. The Morgan fingerprint density at radius 2 is 2.20 bits per heavy atom. The lowest BCUT2D eigenvalue weighted by atomic mass is 9.96. The molecule has 2 aromatic rings. The van der Waals surface area contributed by atoms with Crippen molar-refractivity contribution in [1.82, 2.24) is 5.43 Å². The predicted octanol–water partition coefficient (Wildman–Crippen LogP) is 3.47. The van der Waals surface area contributed by atoms with E-state index >= 15 is 0 Å². The monoisotopic (exact) mass is 404 g/mol. The van der Waals surface area contributed by atoms with Crippen molar-refractivity contribution in [3.05, 3.63) is 51.5 Å². The van der Waals surface area contributed by atoms with Crippen LogP contribution in [0.4, 0.5) is 0 Å². The molecule has 6 nitrogen and oxygen atoms in total. The van der Waals surface area contributed by atoms with Gasteiger partial charge in [0.25, 0.3) is 0 Å². The Bertz CT molecular complexity index is 853. The maximum absolute atomic E-state index is 10.2. The highest BCUT2D eigenvalue weighted by Crippen LogP contribution is 2.39. The summed E-state index contributed by atoms with van der Waals surface area (Å²) in [7, 11) is 1.57. The molecule has 0 aliphatic carbocycles.